The fraction of sp³-hybridized carbons (Fsp3) is 0.538. The molecule has 0 radical (unpaired) electrons. The standard InChI is InChI=1S/C13H16BrF3N2.ClH/c14-9-1-2-11(15)10(7-9)12(8-13(16)17)19-5-3-18-4-6-19;/h1-2,7,12-13,18H,3-6,8H2;1H/t12-;/m0./s1. The highest BCUT2D eigenvalue weighted by Gasteiger charge is 2.27. The maximum atomic E-state index is 13.9. The van der Waals surface area contributed by atoms with Gasteiger partial charge in [-0.1, -0.05) is 15.9 Å². The van der Waals surface area contributed by atoms with Crippen LogP contribution in [0.4, 0.5) is 13.2 Å². The summed E-state index contributed by atoms with van der Waals surface area (Å²) in [5, 5.41) is 3.17. The van der Waals surface area contributed by atoms with Gasteiger partial charge in [0.1, 0.15) is 5.82 Å². The van der Waals surface area contributed by atoms with E-state index in [9.17, 15) is 13.2 Å². The molecule has 1 aliphatic heterocycles. The molecule has 1 aromatic carbocycles. The van der Waals surface area contributed by atoms with Crippen molar-refractivity contribution in [2.24, 2.45) is 0 Å². The molecule has 114 valence electrons. The van der Waals surface area contributed by atoms with E-state index in [-0.39, 0.29) is 18.8 Å². The number of rotatable bonds is 4. The lowest BCUT2D eigenvalue weighted by molar-refractivity contribution is 0.0725. The van der Waals surface area contributed by atoms with Gasteiger partial charge < -0.3 is 5.32 Å². The number of hydrogen-bond acceptors (Lipinski definition) is 2. The summed E-state index contributed by atoms with van der Waals surface area (Å²) in [4.78, 5) is 1.92. The van der Waals surface area contributed by atoms with Gasteiger partial charge in [-0.25, -0.2) is 13.2 Å². The lowest BCUT2D eigenvalue weighted by Gasteiger charge is -2.35. The Hall–Kier alpha value is -0.300. The van der Waals surface area contributed by atoms with Gasteiger partial charge in [-0.3, -0.25) is 4.90 Å². The van der Waals surface area contributed by atoms with Gasteiger partial charge in [0.25, 0.3) is 0 Å². The van der Waals surface area contributed by atoms with Crippen LogP contribution < -0.4 is 5.32 Å². The molecule has 1 aliphatic rings. The van der Waals surface area contributed by atoms with Crippen LogP contribution in [0.2, 0.25) is 0 Å². The van der Waals surface area contributed by atoms with Crippen LogP contribution in [0.1, 0.15) is 18.0 Å². The van der Waals surface area contributed by atoms with Crippen LogP contribution in [-0.2, 0) is 0 Å². The summed E-state index contributed by atoms with van der Waals surface area (Å²) in [7, 11) is 0. The van der Waals surface area contributed by atoms with Crippen LogP contribution in [0.25, 0.3) is 0 Å². The summed E-state index contributed by atoms with van der Waals surface area (Å²) in [6.07, 6.45) is -2.79. The zero-order chi connectivity index (χ0) is 13.8. The van der Waals surface area contributed by atoms with Crippen molar-refractivity contribution in [2.45, 2.75) is 18.9 Å². The zero-order valence-corrected chi connectivity index (χ0v) is 13.2. The third-order valence-corrected chi connectivity index (χ3v) is 3.80. The third kappa shape index (κ3) is 4.62. The lowest BCUT2D eigenvalue weighted by Crippen LogP contribution is -2.45. The van der Waals surface area contributed by atoms with E-state index in [1.165, 1.54) is 6.07 Å². The van der Waals surface area contributed by atoms with Crippen molar-refractivity contribution >= 4 is 28.3 Å². The van der Waals surface area contributed by atoms with Gasteiger partial charge in [0.15, 0.2) is 0 Å². The van der Waals surface area contributed by atoms with Crippen molar-refractivity contribution in [1.29, 1.82) is 0 Å². The maximum absolute atomic E-state index is 13.9. The summed E-state index contributed by atoms with van der Waals surface area (Å²) in [5.74, 6) is -0.424. The number of alkyl halides is 2. The molecular weight excluding hydrogens is 357 g/mol. The molecule has 0 unspecified atom stereocenters. The van der Waals surface area contributed by atoms with Crippen molar-refractivity contribution < 1.29 is 13.2 Å². The first-order chi connectivity index (χ1) is 9.08. The Labute approximate surface area is 131 Å². The van der Waals surface area contributed by atoms with E-state index >= 15 is 0 Å². The third-order valence-electron chi connectivity index (χ3n) is 3.31. The van der Waals surface area contributed by atoms with E-state index in [0.717, 1.165) is 13.1 Å². The van der Waals surface area contributed by atoms with E-state index in [4.69, 9.17) is 0 Å². The van der Waals surface area contributed by atoms with Crippen molar-refractivity contribution in [3.63, 3.8) is 0 Å². The SMILES string of the molecule is Cl.Fc1ccc(Br)cc1[C@H](CC(F)F)N1CCNCC1. The summed E-state index contributed by atoms with van der Waals surface area (Å²) < 4.78 is 40.2. The molecular formula is C13H17BrClF3N2. The Balaban J connectivity index is 0.00000200. The molecule has 0 amide bonds. The predicted octanol–water partition coefficient (Wildman–Crippen LogP) is 3.61. The Kier molecular flexibility index (Phi) is 7.29. The highest BCUT2D eigenvalue weighted by molar-refractivity contribution is 9.10. The van der Waals surface area contributed by atoms with Gasteiger partial charge in [0.05, 0.1) is 0 Å². The first-order valence-corrected chi connectivity index (χ1v) is 7.05. The lowest BCUT2D eigenvalue weighted by atomic mass is 10.0. The van der Waals surface area contributed by atoms with Gasteiger partial charge in [-0.05, 0) is 18.2 Å². The van der Waals surface area contributed by atoms with Gasteiger partial charge in [-0.2, -0.15) is 0 Å². The first kappa shape index (κ1) is 17.8. The summed E-state index contributed by atoms with van der Waals surface area (Å²) in [6.45, 7) is 2.80. The van der Waals surface area contributed by atoms with Crippen LogP contribution in [0, 0.1) is 5.82 Å². The van der Waals surface area contributed by atoms with Gasteiger partial charge in [0.2, 0.25) is 6.43 Å². The maximum Gasteiger partial charge on any atom is 0.240 e. The number of hydrogen-bond donors (Lipinski definition) is 1. The average molecular weight is 374 g/mol. The second-order valence-electron chi connectivity index (χ2n) is 4.59. The van der Waals surface area contributed by atoms with Gasteiger partial charge in [0, 0.05) is 48.7 Å². The highest BCUT2D eigenvalue weighted by atomic mass is 79.9. The van der Waals surface area contributed by atoms with E-state index in [2.05, 4.69) is 21.2 Å². The fourth-order valence-electron chi connectivity index (χ4n) is 2.41. The monoisotopic (exact) mass is 372 g/mol. The fourth-order valence-corrected chi connectivity index (χ4v) is 2.78. The number of benzene rings is 1. The zero-order valence-electron chi connectivity index (χ0n) is 10.8. The van der Waals surface area contributed by atoms with Crippen molar-refractivity contribution in [3.8, 4) is 0 Å². The van der Waals surface area contributed by atoms with E-state index in [1.54, 1.807) is 12.1 Å². The molecule has 0 saturated carbocycles. The molecule has 0 aliphatic carbocycles. The Morgan fingerprint density at radius 2 is 1.90 bits per heavy atom. The topological polar surface area (TPSA) is 15.3 Å². The average Bonchev–Trinajstić information content (AvgIpc) is 2.40. The number of halogens is 5. The minimum atomic E-state index is -2.45. The molecule has 0 aromatic heterocycles. The minimum absolute atomic E-state index is 0. The minimum Gasteiger partial charge on any atom is -0.314 e. The molecule has 7 heteroatoms. The van der Waals surface area contributed by atoms with E-state index in [0.29, 0.717) is 23.1 Å². The molecule has 1 N–H and O–H groups in total. The normalized spacial score (nSPS) is 17.9. The molecule has 0 bridgehead atoms. The summed E-state index contributed by atoms with van der Waals surface area (Å²) >= 11 is 3.27. The van der Waals surface area contributed by atoms with Gasteiger partial charge >= 0.3 is 0 Å². The quantitative estimate of drug-likeness (QED) is 0.867. The number of piperazine rings is 1. The van der Waals surface area contributed by atoms with Crippen LogP contribution in [0.15, 0.2) is 22.7 Å². The summed E-state index contributed by atoms with van der Waals surface area (Å²) in [5.41, 5.74) is 0.344. The molecule has 2 rings (SSSR count). The van der Waals surface area contributed by atoms with Crippen LogP contribution in [0.3, 0.4) is 0 Å². The van der Waals surface area contributed by atoms with Crippen LogP contribution in [-0.4, -0.2) is 37.5 Å². The van der Waals surface area contributed by atoms with Gasteiger partial charge in [-0.15, -0.1) is 12.4 Å². The molecule has 20 heavy (non-hydrogen) atoms. The van der Waals surface area contributed by atoms with Crippen molar-refractivity contribution in [2.75, 3.05) is 26.2 Å². The van der Waals surface area contributed by atoms with Crippen molar-refractivity contribution in [3.05, 3.63) is 34.1 Å². The smallest absolute Gasteiger partial charge is 0.240 e. The Bertz CT molecular complexity index is 428. The van der Waals surface area contributed by atoms with Crippen LogP contribution >= 0.6 is 28.3 Å². The Morgan fingerprint density at radius 1 is 1.25 bits per heavy atom. The Morgan fingerprint density at radius 3 is 2.50 bits per heavy atom. The second kappa shape index (κ2) is 8.22. The first-order valence-electron chi connectivity index (χ1n) is 6.26. The molecule has 0 spiro atoms. The molecule has 1 heterocycles. The molecule has 2 nitrogen and oxygen atoms in total. The predicted molar refractivity (Wildman–Crippen MR) is 79.2 cm³/mol. The molecule has 1 saturated heterocycles. The second-order valence-corrected chi connectivity index (χ2v) is 5.51. The molecule has 1 aromatic rings. The number of nitrogens with zero attached hydrogens (tertiary/aromatic N) is 1. The van der Waals surface area contributed by atoms with E-state index in [1.807, 2.05) is 4.90 Å². The van der Waals surface area contributed by atoms with Crippen molar-refractivity contribution in [1.82, 2.24) is 10.2 Å². The number of nitrogens with one attached hydrogen (secondary N) is 1. The largest absolute Gasteiger partial charge is 0.314 e. The molecule has 1 fully saturated rings. The van der Waals surface area contributed by atoms with E-state index < -0.39 is 18.3 Å². The highest BCUT2D eigenvalue weighted by Crippen LogP contribution is 2.31. The van der Waals surface area contributed by atoms with Crippen LogP contribution in [0.5, 0.6) is 0 Å². The molecule has 1 atom stereocenters. The summed E-state index contributed by atoms with van der Waals surface area (Å²) in [6, 6.07) is 3.93.